The van der Waals surface area contributed by atoms with E-state index in [0.29, 0.717) is 5.75 Å². The van der Waals surface area contributed by atoms with Gasteiger partial charge in [-0.2, -0.15) is 0 Å². The van der Waals surface area contributed by atoms with Gasteiger partial charge >= 0.3 is 0 Å². The minimum atomic E-state index is 0.294. The predicted molar refractivity (Wildman–Crippen MR) is 65.5 cm³/mol. The Balaban J connectivity index is 1.94. The molecule has 0 aliphatic rings. The van der Waals surface area contributed by atoms with E-state index >= 15 is 0 Å². The Hall–Kier alpha value is -1.90. The molecule has 0 saturated carbocycles. The van der Waals surface area contributed by atoms with E-state index in [9.17, 15) is 0 Å². The van der Waals surface area contributed by atoms with Crippen molar-refractivity contribution < 1.29 is 5.11 Å². The van der Waals surface area contributed by atoms with Crippen LogP contribution in [0.15, 0.2) is 42.7 Å². The number of hydrogen-bond acceptors (Lipinski definition) is 2. The van der Waals surface area contributed by atoms with Crippen LogP contribution in [0, 0.1) is 0 Å². The predicted octanol–water partition coefficient (Wildman–Crippen LogP) is 2.83. The van der Waals surface area contributed by atoms with Crippen LogP contribution in [-0.4, -0.2) is 9.67 Å². The molecule has 0 fully saturated rings. The number of benzene rings is 1. The molecule has 84 valence electrons. The first-order valence-corrected chi connectivity index (χ1v) is 5.45. The summed E-state index contributed by atoms with van der Waals surface area (Å²) in [6, 6.07) is 9.20. The van der Waals surface area contributed by atoms with Gasteiger partial charge in [0.2, 0.25) is 0 Å². The van der Waals surface area contributed by atoms with Crippen molar-refractivity contribution in [2.75, 3.05) is 5.32 Å². The minimum Gasteiger partial charge on any atom is -0.508 e. The lowest BCUT2D eigenvalue weighted by Crippen LogP contribution is -1.98. The van der Waals surface area contributed by atoms with Crippen LogP contribution in [0.4, 0.5) is 5.69 Å². The quantitative estimate of drug-likeness (QED) is 0.771. The van der Waals surface area contributed by atoms with Crippen LogP contribution in [0.1, 0.15) is 12.5 Å². The minimum absolute atomic E-state index is 0.294. The van der Waals surface area contributed by atoms with Crippen molar-refractivity contribution in [1.29, 1.82) is 0 Å². The highest BCUT2D eigenvalue weighted by Gasteiger charge is 1.96. The zero-order valence-electron chi connectivity index (χ0n) is 9.35. The number of nitrogens with zero attached hydrogens (tertiary/aromatic N) is 1. The van der Waals surface area contributed by atoms with Gasteiger partial charge in [0.25, 0.3) is 0 Å². The molecule has 0 aliphatic carbocycles. The molecule has 2 rings (SSSR count). The zero-order chi connectivity index (χ0) is 11.4. The first-order valence-electron chi connectivity index (χ1n) is 5.45. The molecule has 16 heavy (non-hydrogen) atoms. The third kappa shape index (κ3) is 2.57. The summed E-state index contributed by atoms with van der Waals surface area (Å²) < 4.78 is 2.15. The van der Waals surface area contributed by atoms with E-state index in [-0.39, 0.29) is 0 Å². The van der Waals surface area contributed by atoms with Gasteiger partial charge in [0.1, 0.15) is 5.75 Å². The maximum Gasteiger partial charge on any atom is 0.115 e. The van der Waals surface area contributed by atoms with Crippen LogP contribution in [-0.2, 0) is 13.1 Å². The van der Waals surface area contributed by atoms with Crippen molar-refractivity contribution in [3.8, 4) is 5.75 Å². The molecule has 1 aromatic carbocycles. The summed E-state index contributed by atoms with van der Waals surface area (Å²) in [5, 5.41) is 12.4. The van der Waals surface area contributed by atoms with Crippen molar-refractivity contribution in [2.24, 2.45) is 0 Å². The van der Waals surface area contributed by atoms with Gasteiger partial charge in [-0.05, 0) is 42.8 Å². The molecule has 0 atom stereocenters. The number of aromatic hydroxyl groups is 1. The summed E-state index contributed by atoms with van der Waals surface area (Å²) in [7, 11) is 0. The lowest BCUT2D eigenvalue weighted by atomic mass is 10.3. The molecule has 1 aromatic heterocycles. The molecule has 0 bridgehead atoms. The monoisotopic (exact) mass is 216 g/mol. The van der Waals surface area contributed by atoms with Crippen LogP contribution in [0.3, 0.4) is 0 Å². The largest absolute Gasteiger partial charge is 0.508 e. The third-order valence-corrected chi connectivity index (χ3v) is 2.54. The number of anilines is 1. The summed E-state index contributed by atoms with van der Waals surface area (Å²) in [5.41, 5.74) is 2.27. The third-order valence-electron chi connectivity index (χ3n) is 2.54. The maximum atomic E-state index is 9.15. The van der Waals surface area contributed by atoms with Crippen molar-refractivity contribution in [2.45, 2.75) is 20.0 Å². The zero-order valence-corrected chi connectivity index (χ0v) is 9.35. The van der Waals surface area contributed by atoms with Crippen LogP contribution in [0.5, 0.6) is 5.75 Å². The molecule has 2 N–H and O–H groups in total. The lowest BCUT2D eigenvalue weighted by molar-refractivity contribution is 0.475. The van der Waals surface area contributed by atoms with Crippen LogP contribution in [0.25, 0.3) is 0 Å². The fraction of sp³-hybridized carbons (Fsp3) is 0.231. The first kappa shape index (κ1) is 10.6. The number of aromatic nitrogens is 1. The van der Waals surface area contributed by atoms with Gasteiger partial charge in [0, 0.05) is 31.2 Å². The SMILES string of the molecule is CCn1ccc(CNc2ccc(O)cc2)c1. The second-order valence-electron chi connectivity index (χ2n) is 3.75. The van der Waals surface area contributed by atoms with Crippen molar-refractivity contribution in [1.82, 2.24) is 4.57 Å². The number of phenolic OH excluding ortho intramolecular Hbond substituents is 1. The second-order valence-corrected chi connectivity index (χ2v) is 3.75. The molecule has 0 unspecified atom stereocenters. The van der Waals surface area contributed by atoms with Crippen LogP contribution in [0.2, 0.25) is 0 Å². The molecule has 0 radical (unpaired) electrons. The standard InChI is InChI=1S/C13H16N2O/c1-2-15-8-7-11(10-15)9-14-12-3-5-13(16)6-4-12/h3-8,10,14,16H,2,9H2,1H3. The van der Waals surface area contributed by atoms with Gasteiger partial charge in [-0.3, -0.25) is 0 Å². The number of aryl methyl sites for hydroxylation is 1. The Morgan fingerprint density at radius 3 is 2.56 bits per heavy atom. The van der Waals surface area contributed by atoms with Gasteiger partial charge in [0.15, 0.2) is 0 Å². The average molecular weight is 216 g/mol. The summed E-state index contributed by atoms with van der Waals surface area (Å²) >= 11 is 0. The van der Waals surface area contributed by atoms with Gasteiger partial charge < -0.3 is 15.0 Å². The van der Waals surface area contributed by atoms with Crippen LogP contribution >= 0.6 is 0 Å². The molecule has 3 nitrogen and oxygen atoms in total. The summed E-state index contributed by atoms with van der Waals surface area (Å²) in [6.45, 7) is 3.92. The average Bonchev–Trinajstić information content (AvgIpc) is 2.76. The van der Waals surface area contributed by atoms with Crippen molar-refractivity contribution in [3.63, 3.8) is 0 Å². The summed E-state index contributed by atoms with van der Waals surface area (Å²) in [4.78, 5) is 0. The molecule has 0 amide bonds. The van der Waals surface area contributed by atoms with E-state index in [2.05, 4.69) is 35.3 Å². The normalized spacial score (nSPS) is 10.3. The smallest absolute Gasteiger partial charge is 0.115 e. The molecule has 3 heteroatoms. The molecule has 0 saturated heterocycles. The number of nitrogens with one attached hydrogen (secondary N) is 1. The summed E-state index contributed by atoms with van der Waals surface area (Å²) in [6.07, 6.45) is 4.21. The number of phenols is 1. The Morgan fingerprint density at radius 2 is 1.94 bits per heavy atom. The molecular weight excluding hydrogens is 200 g/mol. The molecular formula is C13H16N2O. The lowest BCUT2D eigenvalue weighted by Gasteiger charge is -2.04. The van der Waals surface area contributed by atoms with Gasteiger partial charge in [-0.1, -0.05) is 0 Å². The Kier molecular flexibility index (Phi) is 3.15. The fourth-order valence-electron chi connectivity index (χ4n) is 1.58. The van der Waals surface area contributed by atoms with E-state index in [1.165, 1.54) is 5.56 Å². The Bertz CT molecular complexity index is 445. The Labute approximate surface area is 95.3 Å². The highest BCUT2D eigenvalue weighted by Crippen LogP contribution is 2.14. The topological polar surface area (TPSA) is 37.2 Å². The van der Waals surface area contributed by atoms with Crippen molar-refractivity contribution >= 4 is 5.69 Å². The molecule has 1 heterocycles. The van der Waals surface area contributed by atoms with Crippen LogP contribution < -0.4 is 5.32 Å². The molecule has 0 spiro atoms. The van der Waals surface area contributed by atoms with E-state index in [1.54, 1.807) is 12.1 Å². The van der Waals surface area contributed by atoms with E-state index < -0.39 is 0 Å². The van der Waals surface area contributed by atoms with E-state index in [0.717, 1.165) is 18.8 Å². The van der Waals surface area contributed by atoms with E-state index in [4.69, 9.17) is 5.11 Å². The van der Waals surface area contributed by atoms with Gasteiger partial charge in [-0.15, -0.1) is 0 Å². The maximum absolute atomic E-state index is 9.15. The molecule has 2 aromatic rings. The summed E-state index contributed by atoms with van der Waals surface area (Å²) in [5.74, 6) is 0.294. The first-order chi connectivity index (χ1) is 7.78. The highest BCUT2D eigenvalue weighted by molar-refractivity contribution is 5.46. The fourth-order valence-corrected chi connectivity index (χ4v) is 1.58. The van der Waals surface area contributed by atoms with E-state index in [1.807, 2.05) is 12.1 Å². The highest BCUT2D eigenvalue weighted by atomic mass is 16.3. The van der Waals surface area contributed by atoms with Gasteiger partial charge in [0.05, 0.1) is 0 Å². The second kappa shape index (κ2) is 4.75. The molecule has 0 aliphatic heterocycles. The number of hydrogen-bond donors (Lipinski definition) is 2. The number of rotatable bonds is 4. The van der Waals surface area contributed by atoms with Crippen molar-refractivity contribution in [3.05, 3.63) is 48.3 Å². The Morgan fingerprint density at radius 1 is 1.19 bits per heavy atom. The van der Waals surface area contributed by atoms with Gasteiger partial charge in [-0.25, -0.2) is 0 Å².